The number of nitrogens with one attached hydrogen (secondary N) is 1. The minimum atomic E-state index is 0.224. The van der Waals surface area contributed by atoms with E-state index in [0.717, 1.165) is 28.6 Å². The highest BCUT2D eigenvalue weighted by Crippen LogP contribution is 2.24. The summed E-state index contributed by atoms with van der Waals surface area (Å²) in [5.74, 6) is 1.76. The molecule has 25 heavy (non-hydrogen) atoms. The fourth-order valence-electron chi connectivity index (χ4n) is 2.77. The smallest absolute Gasteiger partial charge is 0.264 e. The average molecular weight is 334 g/mol. The largest absolute Gasteiger partial charge is 0.484 e. The van der Waals surface area contributed by atoms with Crippen LogP contribution in [-0.2, 0) is 13.0 Å². The van der Waals surface area contributed by atoms with Crippen molar-refractivity contribution < 1.29 is 9.26 Å². The van der Waals surface area contributed by atoms with Crippen molar-refractivity contribution in [3.63, 3.8) is 0 Å². The maximum atomic E-state index is 5.81. The molecule has 2 aromatic carbocycles. The summed E-state index contributed by atoms with van der Waals surface area (Å²) in [5.41, 5.74) is 8.83. The van der Waals surface area contributed by atoms with E-state index in [4.69, 9.17) is 15.0 Å². The van der Waals surface area contributed by atoms with E-state index in [0.29, 0.717) is 18.3 Å². The molecule has 0 bridgehead atoms. The van der Waals surface area contributed by atoms with Crippen molar-refractivity contribution in [1.82, 2.24) is 15.1 Å². The summed E-state index contributed by atoms with van der Waals surface area (Å²) in [7, 11) is 0. The van der Waals surface area contributed by atoms with Crippen molar-refractivity contribution in [2.24, 2.45) is 5.73 Å². The summed E-state index contributed by atoms with van der Waals surface area (Å²) in [5, 5.41) is 5.12. The average Bonchev–Trinajstić information content (AvgIpc) is 3.28. The molecule has 2 aromatic heterocycles. The van der Waals surface area contributed by atoms with Gasteiger partial charge in [-0.05, 0) is 36.7 Å². The number of hydrogen-bond acceptors (Lipinski definition) is 5. The zero-order chi connectivity index (χ0) is 17.1. The topological polar surface area (TPSA) is 90.0 Å². The van der Waals surface area contributed by atoms with Crippen molar-refractivity contribution in [2.45, 2.75) is 13.0 Å². The van der Waals surface area contributed by atoms with Gasteiger partial charge in [0, 0.05) is 22.7 Å². The quantitative estimate of drug-likeness (QED) is 0.565. The molecule has 0 fully saturated rings. The number of nitrogens with two attached hydrogens (primary N) is 1. The Hall–Kier alpha value is -3.12. The molecule has 0 aliphatic carbocycles. The third-order valence-corrected chi connectivity index (χ3v) is 4.01. The second-order valence-corrected chi connectivity index (χ2v) is 5.73. The Morgan fingerprint density at radius 2 is 2.00 bits per heavy atom. The van der Waals surface area contributed by atoms with Gasteiger partial charge in [-0.2, -0.15) is 4.98 Å². The van der Waals surface area contributed by atoms with Crippen LogP contribution in [0.2, 0.25) is 0 Å². The van der Waals surface area contributed by atoms with Gasteiger partial charge in [-0.3, -0.25) is 0 Å². The van der Waals surface area contributed by atoms with Gasteiger partial charge in [0.25, 0.3) is 5.89 Å². The van der Waals surface area contributed by atoms with E-state index in [1.807, 2.05) is 54.7 Å². The number of hydrogen-bond donors (Lipinski definition) is 2. The third kappa shape index (κ3) is 3.25. The maximum absolute atomic E-state index is 5.81. The molecule has 0 aliphatic heterocycles. The minimum absolute atomic E-state index is 0.224. The maximum Gasteiger partial charge on any atom is 0.264 e. The van der Waals surface area contributed by atoms with Gasteiger partial charge in [0.1, 0.15) is 5.75 Å². The van der Waals surface area contributed by atoms with Crippen LogP contribution in [0.15, 0.2) is 59.3 Å². The highest BCUT2D eigenvalue weighted by atomic mass is 16.5. The molecule has 6 heteroatoms. The first-order valence-corrected chi connectivity index (χ1v) is 8.14. The first-order valence-electron chi connectivity index (χ1n) is 8.14. The molecule has 2 heterocycles. The molecule has 0 aliphatic rings. The number of rotatable bonds is 6. The van der Waals surface area contributed by atoms with Gasteiger partial charge < -0.3 is 20.0 Å². The predicted molar refractivity (Wildman–Crippen MR) is 95.1 cm³/mol. The Bertz CT molecular complexity index is 975. The predicted octanol–water partition coefficient (Wildman–Crippen LogP) is 3.30. The highest BCUT2D eigenvalue weighted by molar-refractivity contribution is 5.84. The number of nitrogens with zero attached hydrogens (tertiary/aromatic N) is 2. The van der Waals surface area contributed by atoms with E-state index >= 15 is 0 Å². The normalized spacial score (nSPS) is 11.1. The van der Waals surface area contributed by atoms with Gasteiger partial charge in [-0.15, -0.1) is 0 Å². The van der Waals surface area contributed by atoms with Crippen molar-refractivity contribution in [1.29, 1.82) is 0 Å². The van der Waals surface area contributed by atoms with E-state index < -0.39 is 0 Å². The van der Waals surface area contributed by atoms with E-state index in [2.05, 4.69) is 15.1 Å². The minimum Gasteiger partial charge on any atom is -0.484 e. The van der Waals surface area contributed by atoms with E-state index in [-0.39, 0.29) is 6.61 Å². The third-order valence-electron chi connectivity index (χ3n) is 4.01. The molecule has 6 nitrogen and oxygen atoms in total. The summed E-state index contributed by atoms with van der Waals surface area (Å²) < 4.78 is 11.1. The lowest BCUT2D eigenvalue weighted by molar-refractivity contribution is 0.243. The van der Waals surface area contributed by atoms with Crippen molar-refractivity contribution in [3.8, 4) is 17.1 Å². The molecule has 0 atom stereocenters. The molecule has 0 saturated carbocycles. The van der Waals surface area contributed by atoms with Crippen LogP contribution in [0.5, 0.6) is 5.75 Å². The van der Waals surface area contributed by atoms with Gasteiger partial charge >= 0.3 is 0 Å². The number of H-pyrrole nitrogens is 1. The molecule has 3 N–H and O–H groups in total. The Kier molecular flexibility index (Phi) is 4.18. The molecule has 0 amide bonds. The lowest BCUT2D eigenvalue weighted by Gasteiger charge is -2.04. The molecule has 0 radical (unpaired) electrons. The van der Waals surface area contributed by atoms with Crippen LogP contribution in [0.1, 0.15) is 11.5 Å². The molecule has 4 rings (SSSR count). The summed E-state index contributed by atoms with van der Waals surface area (Å²) >= 11 is 0. The summed E-state index contributed by atoms with van der Waals surface area (Å²) in [6.07, 6.45) is 2.82. The van der Waals surface area contributed by atoms with Crippen LogP contribution >= 0.6 is 0 Å². The number of aromatic amines is 1. The number of aromatic nitrogens is 3. The SMILES string of the molecule is NCCc1c[nH]c2ccc(OCc3nc(-c4ccccc4)no3)cc12. The van der Waals surface area contributed by atoms with E-state index in [1.165, 1.54) is 5.56 Å². The number of benzene rings is 2. The van der Waals surface area contributed by atoms with Crippen molar-refractivity contribution in [2.75, 3.05) is 6.54 Å². The second kappa shape index (κ2) is 6.78. The molecule has 0 saturated heterocycles. The monoisotopic (exact) mass is 334 g/mol. The fourth-order valence-corrected chi connectivity index (χ4v) is 2.77. The summed E-state index contributed by atoms with van der Waals surface area (Å²) in [6, 6.07) is 15.6. The van der Waals surface area contributed by atoms with E-state index in [1.54, 1.807) is 0 Å². The lowest BCUT2D eigenvalue weighted by Crippen LogP contribution is -2.02. The zero-order valence-corrected chi connectivity index (χ0v) is 13.6. The Labute approximate surface area is 144 Å². The fraction of sp³-hybridized carbons (Fsp3) is 0.158. The Morgan fingerprint density at radius 1 is 1.12 bits per heavy atom. The van der Waals surface area contributed by atoms with Crippen LogP contribution < -0.4 is 10.5 Å². The van der Waals surface area contributed by atoms with Gasteiger partial charge in [0.2, 0.25) is 5.82 Å². The van der Waals surface area contributed by atoms with Crippen LogP contribution in [-0.4, -0.2) is 21.7 Å². The molecule has 0 spiro atoms. The van der Waals surface area contributed by atoms with Gasteiger partial charge in [-0.25, -0.2) is 0 Å². The molecule has 0 unspecified atom stereocenters. The Balaban J connectivity index is 1.49. The van der Waals surface area contributed by atoms with Gasteiger partial charge in [0.15, 0.2) is 6.61 Å². The molecule has 4 aromatic rings. The summed E-state index contributed by atoms with van der Waals surface area (Å²) in [4.78, 5) is 7.61. The Morgan fingerprint density at radius 3 is 2.84 bits per heavy atom. The first-order chi connectivity index (χ1) is 12.3. The lowest BCUT2D eigenvalue weighted by atomic mass is 10.1. The first kappa shape index (κ1) is 15.4. The molecular weight excluding hydrogens is 316 g/mol. The number of ether oxygens (including phenoxy) is 1. The molecule has 126 valence electrons. The van der Waals surface area contributed by atoms with E-state index in [9.17, 15) is 0 Å². The summed E-state index contributed by atoms with van der Waals surface area (Å²) in [6.45, 7) is 0.838. The second-order valence-electron chi connectivity index (χ2n) is 5.73. The van der Waals surface area contributed by atoms with Crippen LogP contribution in [0.25, 0.3) is 22.3 Å². The standard InChI is InChI=1S/C19H18N4O2/c20-9-8-14-11-21-17-7-6-15(10-16(14)17)24-12-18-22-19(23-25-18)13-4-2-1-3-5-13/h1-7,10-11,21H,8-9,12,20H2. The van der Waals surface area contributed by atoms with Gasteiger partial charge in [-0.1, -0.05) is 35.5 Å². The van der Waals surface area contributed by atoms with Crippen LogP contribution in [0.3, 0.4) is 0 Å². The zero-order valence-electron chi connectivity index (χ0n) is 13.6. The van der Waals surface area contributed by atoms with Crippen molar-refractivity contribution >= 4 is 10.9 Å². The van der Waals surface area contributed by atoms with Crippen LogP contribution in [0, 0.1) is 0 Å². The van der Waals surface area contributed by atoms with Crippen LogP contribution in [0.4, 0.5) is 0 Å². The highest BCUT2D eigenvalue weighted by Gasteiger charge is 2.10. The molecular formula is C19H18N4O2. The number of fused-ring (bicyclic) bond motifs is 1. The van der Waals surface area contributed by atoms with Crippen molar-refractivity contribution in [3.05, 3.63) is 66.2 Å². The van der Waals surface area contributed by atoms with Gasteiger partial charge in [0.05, 0.1) is 0 Å².